The average molecular weight is 332 g/mol. The predicted molar refractivity (Wildman–Crippen MR) is 86.2 cm³/mol. The van der Waals surface area contributed by atoms with Gasteiger partial charge < -0.3 is 9.64 Å². The highest BCUT2D eigenvalue weighted by Crippen LogP contribution is 2.34. The summed E-state index contributed by atoms with van der Waals surface area (Å²) in [4.78, 5) is 19.9. The van der Waals surface area contributed by atoms with Crippen LogP contribution in [0.1, 0.15) is 41.8 Å². The Bertz CT molecular complexity index is 669. The molecule has 0 bridgehead atoms. The van der Waals surface area contributed by atoms with E-state index in [0.29, 0.717) is 19.6 Å². The van der Waals surface area contributed by atoms with Crippen LogP contribution in [0.5, 0.6) is 0 Å². The van der Waals surface area contributed by atoms with E-state index in [0.717, 1.165) is 25.8 Å². The molecule has 6 nitrogen and oxygen atoms in total. The van der Waals surface area contributed by atoms with E-state index in [1.54, 1.807) is 24.0 Å². The Kier molecular flexibility index (Phi) is 4.13. The Morgan fingerprint density at radius 2 is 2.43 bits per heavy atom. The molecule has 4 heterocycles. The molecule has 0 aliphatic carbocycles. The van der Waals surface area contributed by atoms with Gasteiger partial charge in [-0.05, 0) is 36.3 Å². The maximum atomic E-state index is 12.7. The van der Waals surface area contributed by atoms with Crippen molar-refractivity contribution < 1.29 is 9.53 Å². The number of rotatable bonds is 3. The van der Waals surface area contributed by atoms with Gasteiger partial charge in [-0.15, -0.1) is 11.3 Å². The fourth-order valence-electron chi connectivity index (χ4n) is 3.47. The van der Waals surface area contributed by atoms with E-state index in [1.807, 2.05) is 9.58 Å². The van der Waals surface area contributed by atoms with Crippen molar-refractivity contribution in [1.29, 1.82) is 0 Å². The molecular formula is C16H20N4O2S. The molecule has 2 aromatic rings. The molecule has 122 valence electrons. The summed E-state index contributed by atoms with van der Waals surface area (Å²) in [7, 11) is 0. The van der Waals surface area contributed by atoms with Crippen LogP contribution in [0.4, 0.5) is 0 Å². The first-order valence-electron chi connectivity index (χ1n) is 8.11. The number of hydrogen-bond donors (Lipinski definition) is 0. The maximum Gasteiger partial charge on any atom is 0.225 e. The molecule has 2 aliphatic heterocycles. The minimum atomic E-state index is -0.0713. The molecule has 2 atom stereocenters. The van der Waals surface area contributed by atoms with Gasteiger partial charge in [-0.2, -0.15) is 5.10 Å². The lowest BCUT2D eigenvalue weighted by atomic mass is 10.0. The number of aromatic nitrogens is 3. The van der Waals surface area contributed by atoms with Crippen molar-refractivity contribution >= 4 is 17.2 Å². The molecule has 23 heavy (non-hydrogen) atoms. The van der Waals surface area contributed by atoms with Crippen LogP contribution in [-0.2, 0) is 16.0 Å². The van der Waals surface area contributed by atoms with Crippen molar-refractivity contribution in [3.8, 4) is 0 Å². The summed E-state index contributed by atoms with van der Waals surface area (Å²) in [5.74, 6) is 0.182. The van der Waals surface area contributed by atoms with E-state index in [2.05, 4.69) is 21.5 Å². The van der Waals surface area contributed by atoms with Crippen LogP contribution < -0.4 is 0 Å². The Balaban J connectivity index is 1.42. The third-order valence-electron chi connectivity index (χ3n) is 4.68. The molecule has 4 rings (SSSR count). The molecule has 0 radical (unpaired) electrons. The summed E-state index contributed by atoms with van der Waals surface area (Å²) in [5.41, 5.74) is 1.35. The lowest BCUT2D eigenvalue weighted by Crippen LogP contribution is -2.41. The third-order valence-corrected chi connectivity index (χ3v) is 5.73. The minimum Gasteiger partial charge on any atom is -0.372 e. The minimum absolute atomic E-state index is 0.0713. The van der Waals surface area contributed by atoms with Crippen molar-refractivity contribution in [3.05, 3.63) is 34.5 Å². The van der Waals surface area contributed by atoms with Crippen LogP contribution in [0, 0.1) is 0 Å². The fourth-order valence-corrected chi connectivity index (χ4v) is 4.47. The average Bonchev–Trinajstić information content (AvgIpc) is 3.27. The lowest BCUT2D eigenvalue weighted by molar-refractivity contribution is -0.136. The summed E-state index contributed by atoms with van der Waals surface area (Å²) in [6.45, 7) is 2.25. The smallest absolute Gasteiger partial charge is 0.225 e. The second-order valence-corrected chi connectivity index (χ2v) is 7.08. The van der Waals surface area contributed by atoms with E-state index in [4.69, 9.17) is 4.74 Å². The van der Waals surface area contributed by atoms with Crippen LogP contribution in [0.3, 0.4) is 0 Å². The van der Waals surface area contributed by atoms with Gasteiger partial charge in [0.25, 0.3) is 0 Å². The van der Waals surface area contributed by atoms with Gasteiger partial charge in [0.15, 0.2) is 0 Å². The molecule has 0 aromatic carbocycles. The first kappa shape index (κ1) is 14.8. The second-order valence-electron chi connectivity index (χ2n) is 6.13. The highest BCUT2D eigenvalue weighted by molar-refractivity contribution is 7.10. The number of nitrogens with zero attached hydrogens (tertiary/aromatic N) is 4. The van der Waals surface area contributed by atoms with E-state index in [9.17, 15) is 4.79 Å². The zero-order chi connectivity index (χ0) is 15.6. The maximum absolute atomic E-state index is 12.7. The summed E-state index contributed by atoms with van der Waals surface area (Å²) >= 11 is 1.70. The van der Waals surface area contributed by atoms with E-state index < -0.39 is 0 Å². The summed E-state index contributed by atoms with van der Waals surface area (Å²) < 4.78 is 7.73. The largest absolute Gasteiger partial charge is 0.372 e. The number of ether oxygens (including phenoxy) is 1. The van der Waals surface area contributed by atoms with Crippen molar-refractivity contribution in [2.75, 3.05) is 19.7 Å². The predicted octanol–water partition coefficient (Wildman–Crippen LogP) is 2.21. The Labute approximate surface area is 139 Å². The van der Waals surface area contributed by atoms with Gasteiger partial charge in [-0.25, -0.2) is 9.67 Å². The highest BCUT2D eigenvalue weighted by Gasteiger charge is 2.30. The molecule has 0 saturated carbocycles. The number of carbonyl (C=O) groups is 1. The van der Waals surface area contributed by atoms with Crippen LogP contribution in [0.2, 0.25) is 0 Å². The summed E-state index contributed by atoms with van der Waals surface area (Å²) in [5, 5.41) is 6.31. The van der Waals surface area contributed by atoms with Gasteiger partial charge in [0, 0.05) is 18.0 Å². The number of thiophene rings is 1. The number of amides is 1. The van der Waals surface area contributed by atoms with Gasteiger partial charge in [0.2, 0.25) is 5.91 Å². The molecule has 1 saturated heterocycles. The molecule has 1 fully saturated rings. The quantitative estimate of drug-likeness (QED) is 0.864. The van der Waals surface area contributed by atoms with Gasteiger partial charge in [0.05, 0.1) is 19.1 Å². The third kappa shape index (κ3) is 3.03. The normalized spacial score (nSPS) is 24.4. The topological polar surface area (TPSA) is 60.2 Å². The Hall–Kier alpha value is -1.73. The lowest BCUT2D eigenvalue weighted by Gasteiger charge is -2.34. The second kappa shape index (κ2) is 6.41. The van der Waals surface area contributed by atoms with Crippen molar-refractivity contribution in [3.63, 3.8) is 0 Å². The molecule has 1 amide bonds. The zero-order valence-corrected chi connectivity index (χ0v) is 13.7. The molecule has 0 spiro atoms. The number of carbonyl (C=O) groups excluding carboxylic acids is 1. The molecule has 2 aromatic heterocycles. The standard InChI is InChI=1S/C16H20N4O2S/c21-15(8-14-16-12(3-6-22-14)4-7-23-16)19-5-1-2-13(9-19)20-11-17-10-18-20/h4,7,10-11,13-14H,1-3,5-6,8-9H2/t13-,14-/m1/s1. The molecular weight excluding hydrogens is 312 g/mol. The zero-order valence-electron chi connectivity index (χ0n) is 12.9. The first-order chi connectivity index (χ1) is 11.3. The van der Waals surface area contributed by atoms with Crippen LogP contribution in [-0.4, -0.2) is 45.3 Å². The van der Waals surface area contributed by atoms with E-state index >= 15 is 0 Å². The molecule has 0 N–H and O–H groups in total. The molecule has 2 aliphatic rings. The summed E-state index contributed by atoms with van der Waals surface area (Å²) in [6.07, 6.45) is 6.67. The summed E-state index contributed by atoms with van der Waals surface area (Å²) in [6, 6.07) is 2.39. The van der Waals surface area contributed by atoms with Gasteiger partial charge >= 0.3 is 0 Å². The van der Waals surface area contributed by atoms with E-state index in [-0.39, 0.29) is 18.1 Å². The fraction of sp³-hybridized carbons (Fsp3) is 0.562. The van der Waals surface area contributed by atoms with Crippen LogP contribution >= 0.6 is 11.3 Å². The monoisotopic (exact) mass is 332 g/mol. The Morgan fingerprint density at radius 1 is 1.48 bits per heavy atom. The molecule has 7 heteroatoms. The van der Waals surface area contributed by atoms with Crippen LogP contribution in [0.25, 0.3) is 0 Å². The first-order valence-corrected chi connectivity index (χ1v) is 8.99. The van der Waals surface area contributed by atoms with Crippen molar-refractivity contribution in [1.82, 2.24) is 19.7 Å². The number of hydrogen-bond acceptors (Lipinski definition) is 5. The SMILES string of the molecule is O=C(C[C@H]1OCCc2ccsc21)N1CCC[C@@H](n2cncn2)C1. The van der Waals surface area contributed by atoms with Crippen molar-refractivity contribution in [2.24, 2.45) is 0 Å². The van der Waals surface area contributed by atoms with Gasteiger partial charge in [-0.1, -0.05) is 0 Å². The number of piperidine rings is 1. The molecule has 0 unspecified atom stereocenters. The Morgan fingerprint density at radius 3 is 3.30 bits per heavy atom. The van der Waals surface area contributed by atoms with Gasteiger partial charge in [-0.3, -0.25) is 4.79 Å². The van der Waals surface area contributed by atoms with Crippen molar-refractivity contribution in [2.45, 2.75) is 37.8 Å². The number of likely N-dealkylation sites (tertiary alicyclic amines) is 1. The number of fused-ring (bicyclic) bond motifs is 1. The van der Waals surface area contributed by atoms with Gasteiger partial charge in [0.1, 0.15) is 18.8 Å². The van der Waals surface area contributed by atoms with Crippen LogP contribution in [0.15, 0.2) is 24.1 Å². The highest BCUT2D eigenvalue weighted by atomic mass is 32.1. The van der Waals surface area contributed by atoms with E-state index in [1.165, 1.54) is 10.4 Å².